The van der Waals surface area contributed by atoms with E-state index in [1.54, 1.807) is 4.90 Å². The van der Waals surface area contributed by atoms with Crippen LogP contribution in [-0.2, 0) is 16.0 Å². The van der Waals surface area contributed by atoms with Crippen molar-refractivity contribution in [3.63, 3.8) is 0 Å². The second-order valence-corrected chi connectivity index (χ2v) is 7.11. The number of carbonyl (C=O) groups excluding carboxylic acids is 1. The average molecular weight is 355 g/mol. The molecule has 7 heteroatoms. The fraction of sp³-hybridized carbons (Fsp3) is 0.474. The maximum atomic E-state index is 12.5. The first-order chi connectivity index (χ1) is 12.6. The molecule has 1 saturated carbocycles. The van der Waals surface area contributed by atoms with Gasteiger partial charge in [0.25, 0.3) is 0 Å². The molecule has 2 atom stereocenters. The molecular formula is C19H21N3O4. The molecule has 136 valence electrons. The van der Waals surface area contributed by atoms with E-state index in [0.717, 1.165) is 18.4 Å². The number of aliphatic carboxylic acids is 1. The third-order valence-electron chi connectivity index (χ3n) is 5.30. The van der Waals surface area contributed by atoms with E-state index in [2.05, 4.69) is 10.2 Å². The number of amides is 1. The van der Waals surface area contributed by atoms with Crippen LogP contribution in [0.15, 0.2) is 34.7 Å². The molecule has 2 aliphatic rings. The van der Waals surface area contributed by atoms with Crippen LogP contribution in [-0.4, -0.2) is 45.2 Å². The van der Waals surface area contributed by atoms with Crippen molar-refractivity contribution in [2.45, 2.75) is 25.7 Å². The van der Waals surface area contributed by atoms with Crippen LogP contribution in [0.4, 0.5) is 0 Å². The Balaban J connectivity index is 1.34. The van der Waals surface area contributed by atoms with E-state index in [1.165, 1.54) is 0 Å². The lowest BCUT2D eigenvalue weighted by Crippen LogP contribution is -2.30. The van der Waals surface area contributed by atoms with Crippen molar-refractivity contribution in [3.8, 4) is 11.5 Å². The third kappa shape index (κ3) is 3.47. The molecule has 1 aromatic heterocycles. The van der Waals surface area contributed by atoms with Crippen molar-refractivity contribution in [1.29, 1.82) is 0 Å². The molecule has 2 fully saturated rings. The van der Waals surface area contributed by atoms with Crippen LogP contribution in [0.2, 0.25) is 0 Å². The maximum absolute atomic E-state index is 12.5. The van der Waals surface area contributed by atoms with Gasteiger partial charge in [0.15, 0.2) is 0 Å². The molecule has 7 nitrogen and oxygen atoms in total. The van der Waals surface area contributed by atoms with E-state index < -0.39 is 11.9 Å². The highest BCUT2D eigenvalue weighted by Crippen LogP contribution is 2.44. The van der Waals surface area contributed by atoms with Crippen LogP contribution >= 0.6 is 0 Å². The Bertz CT molecular complexity index is 800. The summed E-state index contributed by atoms with van der Waals surface area (Å²) in [5.74, 6) is 0.168. The summed E-state index contributed by atoms with van der Waals surface area (Å²) < 4.78 is 5.62. The molecule has 1 aromatic carbocycles. The van der Waals surface area contributed by atoms with E-state index >= 15 is 0 Å². The number of rotatable bonds is 6. The molecule has 2 aromatic rings. The first-order valence-electron chi connectivity index (χ1n) is 9.00. The molecular weight excluding hydrogens is 334 g/mol. The Hall–Kier alpha value is -2.70. The van der Waals surface area contributed by atoms with Crippen LogP contribution < -0.4 is 0 Å². The molecule has 1 aliphatic carbocycles. The molecule has 4 rings (SSSR count). The lowest BCUT2D eigenvalue weighted by atomic mass is 9.92. The van der Waals surface area contributed by atoms with Gasteiger partial charge in [-0.05, 0) is 36.8 Å². The van der Waals surface area contributed by atoms with Crippen LogP contribution in [0.3, 0.4) is 0 Å². The van der Waals surface area contributed by atoms with Gasteiger partial charge in [-0.2, -0.15) is 0 Å². The Morgan fingerprint density at radius 3 is 2.62 bits per heavy atom. The van der Waals surface area contributed by atoms with E-state index in [9.17, 15) is 14.7 Å². The first-order valence-corrected chi connectivity index (χ1v) is 9.00. The van der Waals surface area contributed by atoms with Gasteiger partial charge in [-0.1, -0.05) is 18.2 Å². The number of benzene rings is 1. The van der Waals surface area contributed by atoms with Gasteiger partial charge in [0.05, 0.1) is 5.92 Å². The minimum absolute atomic E-state index is 0.0427. The van der Waals surface area contributed by atoms with Gasteiger partial charge in [-0.3, -0.25) is 9.59 Å². The zero-order valence-electron chi connectivity index (χ0n) is 14.4. The SMILES string of the molecule is O=C(O)[C@H]1CN(C(=O)CCc2nnc(-c3ccccc3)o2)C[C@@H]1C1CC1. The number of hydrogen-bond acceptors (Lipinski definition) is 5. The smallest absolute Gasteiger partial charge is 0.308 e. The Labute approximate surface area is 151 Å². The summed E-state index contributed by atoms with van der Waals surface area (Å²) in [6.07, 6.45) is 2.78. The number of nitrogens with zero attached hydrogens (tertiary/aromatic N) is 3. The fourth-order valence-corrected chi connectivity index (χ4v) is 3.72. The van der Waals surface area contributed by atoms with Gasteiger partial charge >= 0.3 is 5.97 Å². The summed E-state index contributed by atoms with van der Waals surface area (Å²) in [5.41, 5.74) is 0.841. The molecule has 1 amide bonds. The molecule has 1 saturated heterocycles. The van der Waals surface area contributed by atoms with E-state index in [-0.39, 0.29) is 18.2 Å². The van der Waals surface area contributed by atoms with Crippen molar-refractivity contribution in [1.82, 2.24) is 15.1 Å². The highest BCUT2D eigenvalue weighted by molar-refractivity contribution is 5.79. The number of carboxylic acids is 1. The standard InChI is InChI=1S/C19H21N3O4/c23-17(22-10-14(12-6-7-12)15(11-22)19(24)25)9-8-16-20-21-18(26-16)13-4-2-1-3-5-13/h1-5,12,14-15H,6-11H2,(H,24,25)/t14-,15+/m1/s1. The van der Waals surface area contributed by atoms with Gasteiger partial charge in [-0.15, -0.1) is 10.2 Å². The zero-order valence-corrected chi connectivity index (χ0v) is 14.4. The maximum Gasteiger partial charge on any atom is 0.308 e. The van der Waals surface area contributed by atoms with Crippen LogP contribution in [0, 0.1) is 17.8 Å². The van der Waals surface area contributed by atoms with Crippen molar-refractivity contribution < 1.29 is 19.1 Å². The second-order valence-electron chi connectivity index (χ2n) is 7.11. The van der Waals surface area contributed by atoms with E-state index in [4.69, 9.17) is 4.42 Å². The van der Waals surface area contributed by atoms with Crippen LogP contribution in [0.25, 0.3) is 11.5 Å². The molecule has 0 bridgehead atoms. The fourth-order valence-electron chi connectivity index (χ4n) is 3.72. The van der Waals surface area contributed by atoms with E-state index in [0.29, 0.717) is 37.2 Å². The van der Waals surface area contributed by atoms with Crippen molar-refractivity contribution in [2.75, 3.05) is 13.1 Å². The highest BCUT2D eigenvalue weighted by Gasteiger charge is 2.46. The number of aromatic nitrogens is 2. The largest absolute Gasteiger partial charge is 0.481 e. The monoisotopic (exact) mass is 355 g/mol. The molecule has 26 heavy (non-hydrogen) atoms. The summed E-state index contributed by atoms with van der Waals surface area (Å²) in [6.45, 7) is 0.869. The van der Waals surface area contributed by atoms with E-state index in [1.807, 2.05) is 30.3 Å². The number of hydrogen-bond donors (Lipinski definition) is 1. The van der Waals surface area contributed by atoms with Crippen molar-refractivity contribution in [3.05, 3.63) is 36.2 Å². The molecule has 0 spiro atoms. The summed E-state index contributed by atoms with van der Waals surface area (Å²) in [5, 5.41) is 17.4. The summed E-state index contributed by atoms with van der Waals surface area (Å²) in [7, 11) is 0. The van der Waals surface area contributed by atoms with Gasteiger partial charge < -0.3 is 14.4 Å². The zero-order chi connectivity index (χ0) is 18.1. The molecule has 0 unspecified atom stereocenters. The summed E-state index contributed by atoms with van der Waals surface area (Å²) >= 11 is 0. The minimum atomic E-state index is -0.790. The quantitative estimate of drug-likeness (QED) is 0.853. The average Bonchev–Trinajstić information content (AvgIpc) is 3.21. The highest BCUT2D eigenvalue weighted by atomic mass is 16.4. The lowest BCUT2D eigenvalue weighted by molar-refractivity contribution is -0.142. The second kappa shape index (κ2) is 6.90. The Kier molecular flexibility index (Phi) is 4.44. The van der Waals surface area contributed by atoms with Gasteiger partial charge in [0.1, 0.15) is 0 Å². The van der Waals surface area contributed by atoms with Gasteiger partial charge in [-0.25, -0.2) is 0 Å². The number of aryl methyl sites for hydroxylation is 1. The van der Waals surface area contributed by atoms with Crippen LogP contribution in [0.5, 0.6) is 0 Å². The Morgan fingerprint density at radius 2 is 1.92 bits per heavy atom. The minimum Gasteiger partial charge on any atom is -0.481 e. The van der Waals surface area contributed by atoms with Gasteiger partial charge in [0.2, 0.25) is 17.7 Å². The topological polar surface area (TPSA) is 96.5 Å². The molecule has 0 radical (unpaired) electrons. The summed E-state index contributed by atoms with van der Waals surface area (Å²) in [4.78, 5) is 25.6. The number of likely N-dealkylation sites (tertiary alicyclic amines) is 1. The molecule has 2 heterocycles. The number of carbonyl (C=O) groups is 2. The normalized spacial score (nSPS) is 22.5. The van der Waals surface area contributed by atoms with Crippen molar-refractivity contribution >= 4 is 11.9 Å². The Morgan fingerprint density at radius 1 is 1.15 bits per heavy atom. The van der Waals surface area contributed by atoms with Gasteiger partial charge in [0, 0.05) is 31.5 Å². The number of carboxylic acid groups (broad SMARTS) is 1. The molecule has 1 aliphatic heterocycles. The summed E-state index contributed by atoms with van der Waals surface area (Å²) in [6, 6.07) is 9.47. The molecule has 1 N–H and O–H groups in total. The lowest BCUT2D eigenvalue weighted by Gasteiger charge is -2.15. The van der Waals surface area contributed by atoms with Crippen molar-refractivity contribution in [2.24, 2.45) is 17.8 Å². The van der Waals surface area contributed by atoms with Crippen LogP contribution in [0.1, 0.15) is 25.2 Å². The predicted octanol–water partition coefficient (Wildman–Crippen LogP) is 2.24. The first kappa shape index (κ1) is 16.8. The predicted molar refractivity (Wildman–Crippen MR) is 92.0 cm³/mol. The third-order valence-corrected chi connectivity index (χ3v) is 5.30.